The maximum atomic E-state index is 8.32. The van der Waals surface area contributed by atoms with Crippen molar-refractivity contribution in [1.82, 2.24) is 0 Å². The number of rotatable bonds is 3. The van der Waals surface area contributed by atoms with E-state index in [1.165, 1.54) is 0 Å². The fraction of sp³-hybridized carbons (Fsp3) is 1.00. The molecule has 1 atom stereocenters. The molecular formula is C3H10O4Po. The van der Waals surface area contributed by atoms with Crippen molar-refractivity contribution in [2.24, 2.45) is 0 Å². The van der Waals surface area contributed by atoms with Crippen LogP contribution in [0.5, 0.6) is 0 Å². The zero-order valence-corrected chi connectivity index (χ0v) is 8.13. The van der Waals surface area contributed by atoms with E-state index in [1.807, 2.05) is 0 Å². The fourth-order valence-electron chi connectivity index (χ4n) is 0.139. The van der Waals surface area contributed by atoms with Gasteiger partial charge < -0.3 is 10.2 Å². The van der Waals surface area contributed by atoms with E-state index < -0.39 is 6.10 Å². The summed E-state index contributed by atoms with van der Waals surface area (Å²) in [5, 5.41) is 23.9. The maximum absolute atomic E-state index is 8.32. The molecule has 0 fully saturated rings. The molecule has 0 spiro atoms. The van der Waals surface area contributed by atoms with Crippen molar-refractivity contribution in [3.05, 3.63) is 0 Å². The van der Waals surface area contributed by atoms with E-state index >= 15 is 0 Å². The average Bonchev–Trinajstić information content (AvgIpc) is 1.68. The molecule has 0 aromatic rings. The number of aliphatic hydroxyl groups excluding tert-OH is 2. The third-order valence-electron chi connectivity index (χ3n) is 0.478. The van der Waals surface area contributed by atoms with Gasteiger partial charge in [0.2, 0.25) is 0 Å². The number of aliphatic hydroxyl groups is 2. The molecule has 3 N–H and O–H groups in total. The molecule has 1 unspecified atom stereocenters. The molecule has 0 aromatic heterocycles. The van der Waals surface area contributed by atoms with Gasteiger partial charge in [-0.2, -0.15) is 0 Å². The summed E-state index contributed by atoms with van der Waals surface area (Å²) in [7, 11) is 0. The van der Waals surface area contributed by atoms with Gasteiger partial charge in [-0.3, -0.25) is 5.26 Å². The summed E-state index contributed by atoms with van der Waals surface area (Å²) in [5.41, 5.74) is 0. The van der Waals surface area contributed by atoms with Gasteiger partial charge in [0.1, 0.15) is 12.7 Å². The molecule has 0 aliphatic rings. The molecule has 5 heteroatoms. The fourth-order valence-corrected chi connectivity index (χ4v) is 0.139. The summed E-state index contributed by atoms with van der Waals surface area (Å²) < 4.78 is 0. The van der Waals surface area contributed by atoms with Crippen molar-refractivity contribution in [1.29, 1.82) is 0 Å². The molecule has 4 nitrogen and oxygen atoms in total. The SMILES string of the molecule is OCC(O)COO.[PoH2]. The molecule has 0 amide bonds. The Morgan fingerprint density at radius 2 is 2.00 bits per heavy atom. The van der Waals surface area contributed by atoms with Crippen LogP contribution in [0.4, 0.5) is 0 Å². The summed E-state index contributed by atoms with van der Waals surface area (Å²) in [6.07, 6.45) is -0.968. The second-order valence-electron chi connectivity index (χ2n) is 1.13. The molecule has 0 heterocycles. The number of hydrogen-bond acceptors (Lipinski definition) is 4. The van der Waals surface area contributed by atoms with Crippen molar-refractivity contribution < 1.29 is 20.4 Å². The van der Waals surface area contributed by atoms with Crippen LogP contribution >= 0.6 is 0 Å². The first-order valence-electron chi connectivity index (χ1n) is 1.86. The molecule has 0 aliphatic carbocycles. The third kappa shape index (κ3) is 6.74. The van der Waals surface area contributed by atoms with Crippen LogP contribution in [0.25, 0.3) is 0 Å². The molecule has 0 bridgehead atoms. The van der Waals surface area contributed by atoms with Crippen molar-refractivity contribution in [2.75, 3.05) is 13.2 Å². The quantitative estimate of drug-likeness (QED) is 0.412. The molecule has 8 heavy (non-hydrogen) atoms. The van der Waals surface area contributed by atoms with E-state index in [0.717, 1.165) is 0 Å². The summed E-state index contributed by atoms with van der Waals surface area (Å²) in [6, 6.07) is 0. The zero-order valence-electron chi connectivity index (χ0n) is 4.24. The van der Waals surface area contributed by atoms with E-state index in [-0.39, 0.29) is 39.8 Å². The Balaban J connectivity index is 0. The third-order valence-corrected chi connectivity index (χ3v) is 0.478. The van der Waals surface area contributed by atoms with Crippen LogP contribution in [0, 0.1) is 0 Å². The summed E-state index contributed by atoms with van der Waals surface area (Å²) >= 11 is 0. The van der Waals surface area contributed by atoms with Crippen molar-refractivity contribution in [3.8, 4) is 0 Å². The normalized spacial score (nSPS) is 12.4. The van der Waals surface area contributed by atoms with Gasteiger partial charge in [-0.05, 0) is 0 Å². The summed E-state index contributed by atoms with van der Waals surface area (Å²) in [6.45, 7) is -0.628. The predicted octanol–water partition coefficient (Wildman–Crippen LogP) is -2.09. The van der Waals surface area contributed by atoms with Crippen LogP contribution in [0.15, 0.2) is 0 Å². The van der Waals surface area contributed by atoms with Crippen LogP contribution in [0.2, 0.25) is 0 Å². The van der Waals surface area contributed by atoms with Crippen LogP contribution in [0.1, 0.15) is 0 Å². The van der Waals surface area contributed by atoms with Gasteiger partial charge >= 0.3 is 26.6 Å². The standard InChI is InChI=1S/C3H8O4.Po.2H/c4-1-3(5)2-7-6;;;/h3-6H,1-2H2;;;. The van der Waals surface area contributed by atoms with E-state index in [0.29, 0.717) is 0 Å². The minimum absolute atomic E-state index is 0. The Hall–Kier alpha value is 0.736. The van der Waals surface area contributed by atoms with Gasteiger partial charge in [0.05, 0.1) is 6.61 Å². The van der Waals surface area contributed by atoms with Crippen molar-refractivity contribution >= 4 is 26.6 Å². The van der Waals surface area contributed by atoms with E-state index in [1.54, 1.807) is 0 Å². The van der Waals surface area contributed by atoms with Crippen LogP contribution in [-0.4, -0.2) is 61.4 Å². The molecule has 0 aliphatic heterocycles. The Kier molecular flexibility index (Phi) is 11.1. The van der Waals surface area contributed by atoms with Crippen molar-refractivity contribution in [2.45, 2.75) is 6.10 Å². The van der Waals surface area contributed by atoms with Gasteiger partial charge in [0.25, 0.3) is 0 Å². The van der Waals surface area contributed by atoms with Gasteiger partial charge in [0.15, 0.2) is 0 Å². The second-order valence-corrected chi connectivity index (χ2v) is 1.13. The molecule has 0 radical (unpaired) electrons. The van der Waals surface area contributed by atoms with Crippen LogP contribution in [-0.2, 0) is 4.89 Å². The Bertz CT molecular complexity index is 42.3. The molecular weight excluding hydrogens is 309 g/mol. The topological polar surface area (TPSA) is 69.9 Å². The van der Waals surface area contributed by atoms with Crippen molar-refractivity contribution in [3.63, 3.8) is 0 Å². The van der Waals surface area contributed by atoms with E-state index in [4.69, 9.17) is 15.5 Å². The first-order chi connectivity index (χ1) is 3.31. The first-order valence-corrected chi connectivity index (χ1v) is 1.86. The minimum atomic E-state index is -0.968. The van der Waals surface area contributed by atoms with Gasteiger partial charge in [0, 0.05) is 0 Å². The summed E-state index contributed by atoms with van der Waals surface area (Å²) in [4.78, 5) is 3.48. The number of hydrogen-bond donors (Lipinski definition) is 3. The molecule has 52 valence electrons. The van der Waals surface area contributed by atoms with Crippen LogP contribution < -0.4 is 0 Å². The monoisotopic (exact) mass is 319 g/mol. The zero-order chi connectivity index (χ0) is 5.70. The first kappa shape index (κ1) is 11.5. The van der Waals surface area contributed by atoms with E-state index in [2.05, 4.69) is 4.89 Å². The van der Waals surface area contributed by atoms with Crippen LogP contribution in [0.3, 0.4) is 0 Å². The predicted molar refractivity (Wildman–Crippen MR) is 30.2 cm³/mol. The van der Waals surface area contributed by atoms with Gasteiger partial charge in [-0.25, -0.2) is 4.89 Å². The Morgan fingerprint density at radius 3 is 2.12 bits per heavy atom. The molecule has 0 aromatic carbocycles. The second kappa shape index (κ2) is 7.74. The Morgan fingerprint density at radius 1 is 1.50 bits per heavy atom. The van der Waals surface area contributed by atoms with Gasteiger partial charge in [-0.1, -0.05) is 0 Å². The average molecular weight is 319 g/mol. The molecule has 0 rings (SSSR count). The molecule has 0 saturated heterocycles. The molecule has 0 saturated carbocycles. The van der Waals surface area contributed by atoms with Gasteiger partial charge in [-0.15, -0.1) is 0 Å². The summed E-state index contributed by atoms with van der Waals surface area (Å²) in [5.74, 6) is 0. The van der Waals surface area contributed by atoms with E-state index in [9.17, 15) is 0 Å². The Labute approximate surface area is 66.5 Å².